The number of piperazine rings is 2. The Hall–Kier alpha value is -3.66. The van der Waals surface area contributed by atoms with Crippen molar-refractivity contribution in [3.05, 3.63) is 48.7 Å². The van der Waals surface area contributed by atoms with E-state index in [1.165, 1.54) is 4.90 Å². The molecule has 0 saturated carbocycles. The Morgan fingerprint density at radius 3 is 2.53 bits per heavy atom. The number of benzene rings is 1. The minimum atomic E-state index is -0.825. The number of ether oxygens (including phenoxy) is 1. The van der Waals surface area contributed by atoms with Gasteiger partial charge in [-0.2, -0.15) is 0 Å². The van der Waals surface area contributed by atoms with Crippen LogP contribution in [0, 0.1) is 0 Å². The molecular formula is C24H30N6O4. The van der Waals surface area contributed by atoms with Crippen molar-refractivity contribution >= 4 is 29.2 Å². The predicted molar refractivity (Wildman–Crippen MR) is 128 cm³/mol. The van der Waals surface area contributed by atoms with E-state index < -0.39 is 6.04 Å². The summed E-state index contributed by atoms with van der Waals surface area (Å²) in [5.74, 6) is 0.855. The lowest BCUT2D eigenvalue weighted by atomic mass is 10.1. The van der Waals surface area contributed by atoms with Crippen LogP contribution in [0.3, 0.4) is 0 Å². The first-order chi connectivity index (χ1) is 16.5. The Bertz CT molecular complexity index is 992. The molecule has 180 valence electrons. The fraction of sp³-hybridized carbons (Fsp3) is 0.417. The summed E-state index contributed by atoms with van der Waals surface area (Å²) in [5.41, 5.74) is 0.602. The van der Waals surface area contributed by atoms with Gasteiger partial charge in [0.15, 0.2) is 0 Å². The van der Waals surface area contributed by atoms with Gasteiger partial charge in [-0.05, 0) is 36.4 Å². The number of amides is 3. The van der Waals surface area contributed by atoms with Gasteiger partial charge in [0.1, 0.15) is 17.6 Å². The van der Waals surface area contributed by atoms with Gasteiger partial charge in [0.25, 0.3) is 0 Å². The molecule has 1 aromatic heterocycles. The third-order valence-corrected chi connectivity index (χ3v) is 6.11. The van der Waals surface area contributed by atoms with E-state index in [-0.39, 0.29) is 30.7 Å². The van der Waals surface area contributed by atoms with Gasteiger partial charge in [0.2, 0.25) is 17.7 Å². The van der Waals surface area contributed by atoms with E-state index in [0.717, 1.165) is 32.0 Å². The van der Waals surface area contributed by atoms with Crippen molar-refractivity contribution in [3.8, 4) is 5.75 Å². The number of methoxy groups -OCH3 is 1. The lowest BCUT2D eigenvalue weighted by Gasteiger charge is -2.38. The highest BCUT2D eigenvalue weighted by atomic mass is 16.5. The molecule has 2 fully saturated rings. The van der Waals surface area contributed by atoms with Gasteiger partial charge in [0.05, 0.1) is 20.1 Å². The molecule has 34 heavy (non-hydrogen) atoms. The van der Waals surface area contributed by atoms with Crippen LogP contribution in [0.5, 0.6) is 5.75 Å². The van der Waals surface area contributed by atoms with E-state index in [0.29, 0.717) is 24.5 Å². The van der Waals surface area contributed by atoms with Crippen molar-refractivity contribution in [2.75, 3.05) is 63.1 Å². The van der Waals surface area contributed by atoms with Gasteiger partial charge < -0.3 is 25.2 Å². The molecule has 0 spiro atoms. The van der Waals surface area contributed by atoms with Gasteiger partial charge in [-0.15, -0.1) is 0 Å². The molecular weight excluding hydrogens is 436 g/mol. The number of rotatable bonds is 7. The van der Waals surface area contributed by atoms with Crippen LogP contribution in [0.1, 0.15) is 6.42 Å². The average Bonchev–Trinajstić information content (AvgIpc) is 2.86. The van der Waals surface area contributed by atoms with Crippen molar-refractivity contribution in [1.82, 2.24) is 20.1 Å². The Labute approximate surface area is 198 Å². The fourth-order valence-corrected chi connectivity index (χ4v) is 4.24. The number of carbonyl (C=O) groups is 3. The van der Waals surface area contributed by atoms with E-state index >= 15 is 0 Å². The van der Waals surface area contributed by atoms with Crippen LogP contribution in [-0.2, 0) is 14.4 Å². The van der Waals surface area contributed by atoms with E-state index in [1.807, 2.05) is 18.2 Å². The number of aromatic nitrogens is 1. The lowest BCUT2D eigenvalue weighted by molar-refractivity contribution is -0.145. The first-order valence-electron chi connectivity index (χ1n) is 11.4. The molecule has 0 aliphatic carbocycles. The number of nitrogens with zero attached hydrogens (tertiary/aromatic N) is 4. The molecule has 10 nitrogen and oxygen atoms in total. The Morgan fingerprint density at radius 2 is 1.85 bits per heavy atom. The molecule has 10 heteroatoms. The van der Waals surface area contributed by atoms with Crippen LogP contribution in [-0.4, -0.2) is 91.5 Å². The molecule has 0 radical (unpaired) electrons. The quantitative estimate of drug-likeness (QED) is 0.614. The molecule has 0 bridgehead atoms. The largest absolute Gasteiger partial charge is 0.497 e. The number of anilines is 2. The molecule has 2 aliphatic heterocycles. The zero-order valence-corrected chi connectivity index (χ0v) is 19.3. The van der Waals surface area contributed by atoms with Crippen LogP contribution in [0.25, 0.3) is 0 Å². The van der Waals surface area contributed by atoms with Crippen molar-refractivity contribution in [2.24, 2.45) is 0 Å². The Balaban J connectivity index is 1.31. The summed E-state index contributed by atoms with van der Waals surface area (Å²) in [7, 11) is 1.57. The summed E-state index contributed by atoms with van der Waals surface area (Å²) in [6.45, 7) is 4.00. The number of hydrogen-bond donors (Lipinski definition) is 2. The van der Waals surface area contributed by atoms with Crippen molar-refractivity contribution in [1.29, 1.82) is 0 Å². The summed E-state index contributed by atoms with van der Waals surface area (Å²) in [6, 6.07) is 11.9. The summed E-state index contributed by atoms with van der Waals surface area (Å²) < 4.78 is 5.12. The first-order valence-corrected chi connectivity index (χ1v) is 11.4. The molecule has 1 atom stereocenters. The van der Waals surface area contributed by atoms with Crippen LogP contribution in [0.2, 0.25) is 0 Å². The minimum Gasteiger partial charge on any atom is -0.497 e. The maximum Gasteiger partial charge on any atom is 0.243 e. The summed E-state index contributed by atoms with van der Waals surface area (Å²) in [4.78, 5) is 48.5. The number of nitrogens with one attached hydrogen (secondary N) is 2. The van der Waals surface area contributed by atoms with Crippen LogP contribution < -0.4 is 20.3 Å². The maximum absolute atomic E-state index is 13.1. The number of pyridine rings is 1. The zero-order chi connectivity index (χ0) is 23.9. The molecule has 2 saturated heterocycles. The minimum absolute atomic E-state index is 0.100. The van der Waals surface area contributed by atoms with Gasteiger partial charge >= 0.3 is 0 Å². The monoisotopic (exact) mass is 466 g/mol. The van der Waals surface area contributed by atoms with Gasteiger partial charge in [-0.1, -0.05) is 6.07 Å². The van der Waals surface area contributed by atoms with Gasteiger partial charge in [-0.25, -0.2) is 4.98 Å². The topological polar surface area (TPSA) is 107 Å². The summed E-state index contributed by atoms with van der Waals surface area (Å²) in [6.07, 6.45) is 1.68. The second-order valence-electron chi connectivity index (χ2n) is 8.33. The highest BCUT2D eigenvalue weighted by Gasteiger charge is 2.35. The summed E-state index contributed by atoms with van der Waals surface area (Å²) in [5, 5.41) is 5.56. The van der Waals surface area contributed by atoms with E-state index in [2.05, 4.69) is 25.4 Å². The van der Waals surface area contributed by atoms with Crippen LogP contribution in [0.15, 0.2) is 48.7 Å². The number of carbonyl (C=O) groups excluding carboxylic acids is 3. The maximum atomic E-state index is 13.1. The first kappa shape index (κ1) is 23.5. The van der Waals surface area contributed by atoms with Gasteiger partial charge in [0, 0.05) is 51.2 Å². The zero-order valence-electron chi connectivity index (χ0n) is 19.3. The van der Waals surface area contributed by atoms with Crippen LogP contribution in [0.4, 0.5) is 11.5 Å². The predicted octanol–water partition coefficient (Wildman–Crippen LogP) is 0.568. The third-order valence-electron chi connectivity index (χ3n) is 6.11. The highest BCUT2D eigenvalue weighted by Crippen LogP contribution is 2.17. The molecule has 0 unspecified atom stereocenters. The molecule has 2 aromatic rings. The van der Waals surface area contributed by atoms with E-state index in [1.54, 1.807) is 37.6 Å². The van der Waals surface area contributed by atoms with Crippen molar-refractivity contribution in [3.63, 3.8) is 0 Å². The van der Waals surface area contributed by atoms with E-state index in [9.17, 15) is 14.4 Å². The second-order valence-corrected chi connectivity index (χ2v) is 8.33. The molecule has 3 heterocycles. The Morgan fingerprint density at radius 1 is 1.09 bits per heavy atom. The highest BCUT2D eigenvalue weighted by molar-refractivity contribution is 5.97. The fourth-order valence-electron chi connectivity index (χ4n) is 4.24. The molecule has 3 amide bonds. The smallest absolute Gasteiger partial charge is 0.243 e. The second kappa shape index (κ2) is 11.0. The molecule has 1 aromatic carbocycles. The summed E-state index contributed by atoms with van der Waals surface area (Å²) >= 11 is 0. The Kier molecular flexibility index (Phi) is 7.58. The SMILES string of the molecule is COc1ccc(NC(=O)C[C@H]2C(=O)NCCN2C(=O)CN2CCN(c3ccccn3)CC2)cc1. The van der Waals surface area contributed by atoms with Crippen molar-refractivity contribution in [2.45, 2.75) is 12.5 Å². The lowest BCUT2D eigenvalue weighted by Crippen LogP contribution is -2.60. The number of hydrogen-bond acceptors (Lipinski definition) is 7. The van der Waals surface area contributed by atoms with Crippen LogP contribution >= 0.6 is 0 Å². The average molecular weight is 467 g/mol. The van der Waals surface area contributed by atoms with Crippen molar-refractivity contribution < 1.29 is 19.1 Å². The van der Waals surface area contributed by atoms with E-state index in [4.69, 9.17) is 4.74 Å². The molecule has 2 aliphatic rings. The third kappa shape index (κ3) is 5.82. The molecule has 4 rings (SSSR count). The standard InChI is InChI=1S/C24H30N6O4/c1-34-19-7-5-18(6-8-19)27-22(31)16-20-24(33)26-10-11-30(20)23(32)17-28-12-14-29(15-13-28)21-4-2-3-9-25-21/h2-9,20H,10-17H2,1H3,(H,26,33)(H,27,31)/t20-/m0/s1. The molecule has 2 N–H and O–H groups in total. The van der Waals surface area contributed by atoms with Gasteiger partial charge in [-0.3, -0.25) is 19.3 Å². The normalized spacial score (nSPS) is 18.9.